The number of nitrogens with one attached hydrogen (secondary N) is 1. The summed E-state index contributed by atoms with van der Waals surface area (Å²) in [5.74, 6) is 1.44. The Kier molecular flexibility index (Phi) is 2.47. The van der Waals surface area contributed by atoms with Gasteiger partial charge in [-0.1, -0.05) is 6.07 Å². The maximum Gasteiger partial charge on any atom is 0.363 e. The van der Waals surface area contributed by atoms with Gasteiger partial charge in [-0.3, -0.25) is 0 Å². The second kappa shape index (κ2) is 4.34. The lowest BCUT2D eigenvalue weighted by Gasteiger charge is -2.18. The Bertz CT molecular complexity index is 897. The number of aryl methyl sites for hydroxylation is 1. The van der Waals surface area contributed by atoms with Gasteiger partial charge in [-0.2, -0.15) is 14.7 Å². The van der Waals surface area contributed by atoms with Crippen molar-refractivity contribution in [3.05, 3.63) is 40.6 Å². The molecule has 4 rings (SSSR count). The number of H-pyrrole nitrogens is 1. The molecule has 0 atom stereocenters. The van der Waals surface area contributed by atoms with Gasteiger partial charge in [-0.15, -0.1) is 0 Å². The first-order valence-corrected chi connectivity index (χ1v) is 6.57. The van der Waals surface area contributed by atoms with Crippen LogP contribution in [-0.2, 0) is 0 Å². The summed E-state index contributed by atoms with van der Waals surface area (Å²) in [6.07, 6.45) is 1.59. The Morgan fingerprint density at radius 3 is 2.90 bits per heavy atom. The molecule has 0 aliphatic carbocycles. The molecule has 1 aromatic carbocycles. The molecule has 1 N–H and O–H groups in total. The fourth-order valence-corrected chi connectivity index (χ4v) is 2.57. The van der Waals surface area contributed by atoms with Crippen molar-refractivity contribution in [1.82, 2.24) is 19.8 Å². The van der Waals surface area contributed by atoms with Crippen molar-refractivity contribution in [3.8, 4) is 22.6 Å². The van der Waals surface area contributed by atoms with Gasteiger partial charge >= 0.3 is 5.69 Å². The summed E-state index contributed by atoms with van der Waals surface area (Å²) in [6.45, 7) is 2.95. The standard InChI is InChI=1S/C14H12N4O3/c1-8-13(10-7-15-16-14(19)18(10)17-8)9-2-3-11-12(6-9)21-5-4-20-11/h2-3,6-7H,4-5H2,1H3,(H,16,19). The zero-order valence-corrected chi connectivity index (χ0v) is 11.3. The van der Waals surface area contributed by atoms with Gasteiger partial charge in [0.05, 0.1) is 11.9 Å². The van der Waals surface area contributed by atoms with Gasteiger partial charge in [-0.25, -0.2) is 9.89 Å². The molecule has 0 bridgehead atoms. The lowest BCUT2D eigenvalue weighted by Crippen LogP contribution is -2.18. The number of benzene rings is 1. The molecule has 1 aliphatic heterocycles. The van der Waals surface area contributed by atoms with Crippen molar-refractivity contribution < 1.29 is 9.47 Å². The van der Waals surface area contributed by atoms with Gasteiger partial charge in [0, 0.05) is 5.56 Å². The Morgan fingerprint density at radius 2 is 2.05 bits per heavy atom. The number of rotatable bonds is 1. The van der Waals surface area contributed by atoms with Gasteiger partial charge in [0.25, 0.3) is 0 Å². The Balaban J connectivity index is 1.96. The summed E-state index contributed by atoms with van der Waals surface area (Å²) in [5.41, 5.74) is 2.84. The largest absolute Gasteiger partial charge is 0.486 e. The molecular weight excluding hydrogens is 272 g/mol. The van der Waals surface area contributed by atoms with Crippen LogP contribution in [-0.4, -0.2) is 33.0 Å². The molecule has 0 spiro atoms. The van der Waals surface area contributed by atoms with Crippen LogP contribution < -0.4 is 15.2 Å². The Hall–Kier alpha value is -2.83. The maximum absolute atomic E-state index is 11.7. The SMILES string of the molecule is Cc1nn2c(=O)[nH]ncc2c1-c1ccc2c(c1)OCCO2. The maximum atomic E-state index is 11.7. The number of fused-ring (bicyclic) bond motifs is 2. The molecule has 21 heavy (non-hydrogen) atoms. The normalized spacial score (nSPS) is 13.6. The monoisotopic (exact) mass is 284 g/mol. The van der Waals surface area contributed by atoms with Crippen molar-refractivity contribution in [1.29, 1.82) is 0 Å². The van der Waals surface area contributed by atoms with Crippen LogP contribution in [0, 0.1) is 6.92 Å². The summed E-state index contributed by atoms with van der Waals surface area (Å²) in [7, 11) is 0. The van der Waals surface area contributed by atoms with Crippen LogP contribution >= 0.6 is 0 Å². The van der Waals surface area contributed by atoms with E-state index in [1.165, 1.54) is 4.52 Å². The van der Waals surface area contributed by atoms with Crippen molar-refractivity contribution in [3.63, 3.8) is 0 Å². The minimum Gasteiger partial charge on any atom is -0.486 e. The van der Waals surface area contributed by atoms with Gasteiger partial charge in [-0.05, 0) is 24.6 Å². The smallest absolute Gasteiger partial charge is 0.363 e. The number of hydrogen-bond acceptors (Lipinski definition) is 5. The Morgan fingerprint density at radius 1 is 1.24 bits per heavy atom. The summed E-state index contributed by atoms with van der Waals surface area (Å²) in [5, 5.41) is 10.5. The van der Waals surface area contributed by atoms with Crippen molar-refractivity contribution >= 4 is 5.52 Å². The first kappa shape index (κ1) is 12.0. The van der Waals surface area contributed by atoms with Crippen LogP contribution in [0.25, 0.3) is 16.6 Å². The van der Waals surface area contributed by atoms with Crippen molar-refractivity contribution in [2.75, 3.05) is 13.2 Å². The van der Waals surface area contributed by atoms with E-state index in [9.17, 15) is 4.79 Å². The van der Waals surface area contributed by atoms with E-state index >= 15 is 0 Å². The molecule has 0 radical (unpaired) electrons. The second-order valence-electron chi connectivity index (χ2n) is 4.79. The predicted molar refractivity (Wildman–Crippen MR) is 74.8 cm³/mol. The molecule has 0 amide bonds. The highest BCUT2D eigenvalue weighted by molar-refractivity contribution is 5.83. The van der Waals surface area contributed by atoms with E-state index in [2.05, 4.69) is 15.3 Å². The third-order valence-corrected chi connectivity index (χ3v) is 3.47. The quantitative estimate of drug-likeness (QED) is 0.725. The number of nitrogens with zero attached hydrogens (tertiary/aromatic N) is 3. The van der Waals surface area contributed by atoms with Crippen LogP contribution in [0.3, 0.4) is 0 Å². The van der Waals surface area contributed by atoms with Gasteiger partial charge < -0.3 is 9.47 Å². The van der Waals surface area contributed by atoms with E-state index in [0.29, 0.717) is 24.5 Å². The summed E-state index contributed by atoms with van der Waals surface area (Å²) in [6, 6.07) is 5.70. The van der Waals surface area contributed by atoms with Crippen LogP contribution in [0.15, 0.2) is 29.2 Å². The van der Waals surface area contributed by atoms with E-state index in [4.69, 9.17) is 9.47 Å². The zero-order chi connectivity index (χ0) is 14.4. The van der Waals surface area contributed by atoms with E-state index in [0.717, 1.165) is 22.6 Å². The first-order valence-electron chi connectivity index (χ1n) is 6.57. The van der Waals surface area contributed by atoms with Gasteiger partial charge in [0.15, 0.2) is 11.5 Å². The molecule has 3 heterocycles. The Labute approximate surface area is 119 Å². The van der Waals surface area contributed by atoms with Gasteiger partial charge in [0.2, 0.25) is 0 Å². The second-order valence-corrected chi connectivity index (χ2v) is 4.79. The van der Waals surface area contributed by atoms with Gasteiger partial charge in [0.1, 0.15) is 18.7 Å². The topological polar surface area (TPSA) is 81.5 Å². The minimum absolute atomic E-state index is 0.362. The summed E-state index contributed by atoms with van der Waals surface area (Å²) >= 11 is 0. The highest BCUT2D eigenvalue weighted by atomic mass is 16.6. The number of aromatic nitrogens is 4. The number of ether oxygens (including phenoxy) is 2. The zero-order valence-electron chi connectivity index (χ0n) is 11.3. The predicted octanol–water partition coefficient (Wildman–Crippen LogP) is 1.16. The average molecular weight is 284 g/mol. The number of aromatic amines is 1. The van der Waals surface area contributed by atoms with Crippen LogP contribution in [0.4, 0.5) is 0 Å². The molecule has 7 nitrogen and oxygen atoms in total. The van der Waals surface area contributed by atoms with Crippen LogP contribution in [0.5, 0.6) is 11.5 Å². The molecule has 1 aliphatic rings. The molecule has 3 aromatic rings. The van der Waals surface area contributed by atoms with E-state index in [-0.39, 0.29) is 5.69 Å². The van der Waals surface area contributed by atoms with Crippen molar-refractivity contribution in [2.45, 2.75) is 6.92 Å². The average Bonchev–Trinajstić information content (AvgIpc) is 2.84. The molecule has 0 saturated heterocycles. The molecule has 0 saturated carbocycles. The fraction of sp³-hybridized carbons (Fsp3) is 0.214. The van der Waals surface area contributed by atoms with Crippen LogP contribution in [0.1, 0.15) is 5.69 Å². The minimum atomic E-state index is -0.362. The van der Waals surface area contributed by atoms with E-state index < -0.39 is 0 Å². The van der Waals surface area contributed by atoms with E-state index in [1.54, 1.807) is 6.20 Å². The molecule has 2 aromatic heterocycles. The fourth-order valence-electron chi connectivity index (χ4n) is 2.57. The lowest BCUT2D eigenvalue weighted by atomic mass is 10.0. The highest BCUT2D eigenvalue weighted by Gasteiger charge is 2.17. The van der Waals surface area contributed by atoms with E-state index in [1.807, 2.05) is 25.1 Å². The molecule has 0 unspecified atom stereocenters. The van der Waals surface area contributed by atoms with Crippen molar-refractivity contribution in [2.24, 2.45) is 0 Å². The number of hydrogen-bond donors (Lipinski definition) is 1. The third kappa shape index (κ3) is 1.78. The summed E-state index contributed by atoms with van der Waals surface area (Å²) in [4.78, 5) is 11.7. The lowest BCUT2D eigenvalue weighted by molar-refractivity contribution is 0.171. The van der Waals surface area contributed by atoms with Crippen LogP contribution in [0.2, 0.25) is 0 Å². The summed E-state index contributed by atoms with van der Waals surface area (Å²) < 4.78 is 12.4. The molecule has 106 valence electrons. The highest BCUT2D eigenvalue weighted by Crippen LogP contribution is 2.36. The molecular formula is C14H12N4O3. The molecule has 0 fully saturated rings. The first-order chi connectivity index (χ1) is 10.2. The third-order valence-electron chi connectivity index (χ3n) is 3.47. The molecule has 7 heteroatoms.